The maximum absolute atomic E-state index is 10.9. The van der Waals surface area contributed by atoms with E-state index in [0.29, 0.717) is 24.4 Å². The van der Waals surface area contributed by atoms with Crippen LogP contribution in [0.25, 0.3) is 0 Å². The van der Waals surface area contributed by atoms with Crippen molar-refractivity contribution in [1.29, 1.82) is 0 Å². The summed E-state index contributed by atoms with van der Waals surface area (Å²) in [6, 6.07) is 9.22. The number of benzene rings is 1. The molecule has 0 spiro atoms. The SMILES string of the molecule is NC(=O)CNC1C2CCC1Cc1ccccc1C2. The molecule has 18 heavy (non-hydrogen) atoms. The quantitative estimate of drug-likeness (QED) is 0.841. The van der Waals surface area contributed by atoms with Crippen LogP contribution in [0.4, 0.5) is 0 Å². The second kappa shape index (κ2) is 4.73. The predicted octanol–water partition coefficient (Wildman–Crippen LogP) is 1.25. The second-order valence-corrected chi connectivity index (χ2v) is 5.65. The third-order valence-corrected chi connectivity index (χ3v) is 4.52. The molecular weight excluding hydrogens is 224 g/mol. The first-order chi connectivity index (χ1) is 8.74. The molecule has 2 aliphatic rings. The molecule has 1 amide bonds. The van der Waals surface area contributed by atoms with Gasteiger partial charge in [-0.05, 0) is 48.6 Å². The van der Waals surface area contributed by atoms with E-state index in [4.69, 9.17) is 5.73 Å². The summed E-state index contributed by atoms with van der Waals surface area (Å²) in [6.45, 7) is 0.314. The zero-order chi connectivity index (χ0) is 12.5. The number of nitrogens with two attached hydrogens (primary N) is 1. The topological polar surface area (TPSA) is 55.1 Å². The molecule has 0 heterocycles. The Hall–Kier alpha value is -1.35. The lowest BCUT2D eigenvalue weighted by molar-refractivity contribution is -0.117. The van der Waals surface area contributed by atoms with Gasteiger partial charge in [-0.3, -0.25) is 4.79 Å². The fourth-order valence-electron chi connectivity index (χ4n) is 3.70. The molecule has 2 bridgehead atoms. The Labute approximate surface area is 108 Å². The third-order valence-electron chi connectivity index (χ3n) is 4.52. The van der Waals surface area contributed by atoms with Crippen LogP contribution in [0.2, 0.25) is 0 Å². The average Bonchev–Trinajstić information content (AvgIpc) is 2.62. The number of rotatable bonds is 3. The van der Waals surface area contributed by atoms with E-state index in [2.05, 4.69) is 29.6 Å². The smallest absolute Gasteiger partial charge is 0.231 e. The van der Waals surface area contributed by atoms with Gasteiger partial charge in [0, 0.05) is 6.04 Å². The Bertz CT molecular complexity index is 425. The van der Waals surface area contributed by atoms with E-state index in [1.165, 1.54) is 24.0 Å². The highest BCUT2D eigenvalue weighted by Gasteiger charge is 2.38. The Morgan fingerprint density at radius 2 is 1.72 bits per heavy atom. The second-order valence-electron chi connectivity index (χ2n) is 5.65. The van der Waals surface area contributed by atoms with Crippen LogP contribution in [0, 0.1) is 11.8 Å². The van der Waals surface area contributed by atoms with E-state index in [1.54, 1.807) is 0 Å². The lowest BCUT2D eigenvalue weighted by atomic mass is 9.94. The highest BCUT2D eigenvalue weighted by atomic mass is 16.1. The highest BCUT2D eigenvalue weighted by molar-refractivity contribution is 5.75. The Kier molecular flexibility index (Phi) is 3.08. The third kappa shape index (κ3) is 2.15. The fourth-order valence-corrected chi connectivity index (χ4v) is 3.70. The monoisotopic (exact) mass is 244 g/mol. The predicted molar refractivity (Wildman–Crippen MR) is 71.0 cm³/mol. The van der Waals surface area contributed by atoms with Crippen LogP contribution in [0.5, 0.6) is 0 Å². The first kappa shape index (κ1) is 11.7. The molecule has 1 fully saturated rings. The summed E-state index contributed by atoms with van der Waals surface area (Å²) < 4.78 is 0. The summed E-state index contributed by atoms with van der Waals surface area (Å²) in [5, 5.41) is 3.38. The molecule has 0 saturated heterocycles. The van der Waals surface area contributed by atoms with Gasteiger partial charge in [-0.15, -0.1) is 0 Å². The van der Waals surface area contributed by atoms with Gasteiger partial charge in [-0.25, -0.2) is 0 Å². The van der Waals surface area contributed by atoms with Crippen molar-refractivity contribution < 1.29 is 4.79 Å². The van der Waals surface area contributed by atoms with E-state index in [-0.39, 0.29) is 5.91 Å². The largest absolute Gasteiger partial charge is 0.369 e. The molecule has 2 aliphatic carbocycles. The van der Waals surface area contributed by atoms with Gasteiger partial charge in [0.2, 0.25) is 5.91 Å². The van der Waals surface area contributed by atoms with Crippen LogP contribution < -0.4 is 11.1 Å². The molecule has 3 nitrogen and oxygen atoms in total. The van der Waals surface area contributed by atoms with Crippen LogP contribution in [-0.2, 0) is 17.6 Å². The first-order valence-corrected chi connectivity index (χ1v) is 6.82. The molecule has 2 atom stereocenters. The van der Waals surface area contributed by atoms with Crippen molar-refractivity contribution >= 4 is 5.91 Å². The number of hydrogen-bond acceptors (Lipinski definition) is 2. The van der Waals surface area contributed by atoms with Gasteiger partial charge in [-0.2, -0.15) is 0 Å². The van der Waals surface area contributed by atoms with Gasteiger partial charge in [-0.1, -0.05) is 24.3 Å². The minimum absolute atomic E-state index is 0.254. The summed E-state index contributed by atoms with van der Waals surface area (Å²) >= 11 is 0. The van der Waals surface area contributed by atoms with Gasteiger partial charge < -0.3 is 11.1 Å². The number of carbonyl (C=O) groups excluding carboxylic acids is 1. The van der Waals surface area contributed by atoms with Crippen molar-refractivity contribution in [2.45, 2.75) is 31.7 Å². The summed E-state index contributed by atoms with van der Waals surface area (Å²) in [6.07, 6.45) is 4.83. The van der Waals surface area contributed by atoms with Crippen molar-refractivity contribution in [2.75, 3.05) is 6.54 Å². The van der Waals surface area contributed by atoms with E-state index in [1.807, 2.05) is 0 Å². The molecule has 1 saturated carbocycles. The van der Waals surface area contributed by atoms with Crippen LogP contribution in [0.1, 0.15) is 24.0 Å². The summed E-state index contributed by atoms with van der Waals surface area (Å²) in [5.74, 6) is 1.08. The van der Waals surface area contributed by atoms with E-state index in [9.17, 15) is 4.79 Å². The minimum atomic E-state index is -0.254. The number of fused-ring (bicyclic) bond motifs is 3. The van der Waals surface area contributed by atoms with E-state index < -0.39 is 0 Å². The number of amides is 1. The molecule has 3 heteroatoms. The lowest BCUT2D eigenvalue weighted by Crippen LogP contribution is -2.42. The maximum Gasteiger partial charge on any atom is 0.231 e. The van der Waals surface area contributed by atoms with Gasteiger partial charge in [0.1, 0.15) is 0 Å². The van der Waals surface area contributed by atoms with Crippen molar-refractivity contribution in [3.8, 4) is 0 Å². The Morgan fingerprint density at radius 3 is 2.22 bits per heavy atom. The molecule has 1 aromatic rings. The van der Waals surface area contributed by atoms with Crippen LogP contribution in [0.3, 0.4) is 0 Å². The van der Waals surface area contributed by atoms with E-state index >= 15 is 0 Å². The maximum atomic E-state index is 10.9. The Morgan fingerprint density at radius 1 is 1.17 bits per heavy atom. The number of primary amides is 1. The number of carbonyl (C=O) groups is 1. The van der Waals surface area contributed by atoms with Gasteiger partial charge in [0.25, 0.3) is 0 Å². The van der Waals surface area contributed by atoms with Gasteiger partial charge in [0.15, 0.2) is 0 Å². The minimum Gasteiger partial charge on any atom is -0.369 e. The molecule has 96 valence electrons. The molecular formula is C15H20N2O. The van der Waals surface area contributed by atoms with Crippen molar-refractivity contribution in [2.24, 2.45) is 17.6 Å². The van der Waals surface area contributed by atoms with Crippen molar-refractivity contribution in [1.82, 2.24) is 5.32 Å². The molecule has 3 N–H and O–H groups in total. The lowest BCUT2D eigenvalue weighted by Gasteiger charge is -2.23. The molecule has 3 rings (SSSR count). The number of nitrogens with one attached hydrogen (secondary N) is 1. The fraction of sp³-hybridized carbons (Fsp3) is 0.533. The van der Waals surface area contributed by atoms with Crippen molar-refractivity contribution in [3.05, 3.63) is 35.4 Å². The summed E-state index contributed by atoms with van der Waals surface area (Å²) in [4.78, 5) is 10.9. The average molecular weight is 244 g/mol. The van der Waals surface area contributed by atoms with Gasteiger partial charge in [0.05, 0.1) is 6.54 Å². The molecule has 0 radical (unpaired) electrons. The summed E-state index contributed by atoms with van der Waals surface area (Å²) in [7, 11) is 0. The number of hydrogen-bond donors (Lipinski definition) is 2. The van der Waals surface area contributed by atoms with Crippen LogP contribution in [0.15, 0.2) is 24.3 Å². The zero-order valence-corrected chi connectivity index (χ0v) is 10.6. The Balaban J connectivity index is 1.79. The first-order valence-electron chi connectivity index (χ1n) is 6.82. The van der Waals surface area contributed by atoms with Gasteiger partial charge >= 0.3 is 0 Å². The van der Waals surface area contributed by atoms with Crippen LogP contribution >= 0.6 is 0 Å². The van der Waals surface area contributed by atoms with E-state index in [0.717, 1.165) is 12.8 Å². The van der Waals surface area contributed by atoms with Crippen LogP contribution in [-0.4, -0.2) is 18.5 Å². The summed E-state index contributed by atoms with van der Waals surface area (Å²) in [5.41, 5.74) is 8.23. The normalized spacial score (nSPS) is 29.7. The molecule has 0 aromatic heterocycles. The molecule has 1 aromatic carbocycles. The van der Waals surface area contributed by atoms with Crippen molar-refractivity contribution in [3.63, 3.8) is 0 Å². The molecule has 2 unspecified atom stereocenters. The highest BCUT2D eigenvalue weighted by Crippen LogP contribution is 2.39. The standard InChI is InChI=1S/C15H20N2O/c16-14(18)9-17-15-12-5-6-13(15)8-11-4-2-1-3-10(11)7-12/h1-4,12-13,15,17H,5-9H2,(H2,16,18). The zero-order valence-electron chi connectivity index (χ0n) is 10.6. The molecule has 0 aliphatic heterocycles.